The Morgan fingerprint density at radius 1 is 1.10 bits per heavy atom. The molecule has 0 radical (unpaired) electrons. The highest BCUT2D eigenvalue weighted by Gasteiger charge is 2.25. The summed E-state index contributed by atoms with van der Waals surface area (Å²) in [6, 6.07) is 1.36. The number of hydrogen-bond donors (Lipinski definition) is 1. The fourth-order valence-electron chi connectivity index (χ4n) is 1.70. The van der Waals surface area contributed by atoms with E-state index in [2.05, 4.69) is 10.1 Å². The number of esters is 1. The average Bonchev–Trinajstić information content (AvgIpc) is 2.52. The summed E-state index contributed by atoms with van der Waals surface area (Å²) in [7, 11) is 5.35. The molecule has 0 saturated heterocycles. The van der Waals surface area contributed by atoms with E-state index in [0.29, 0.717) is 0 Å². The first-order chi connectivity index (χ1) is 10.0. The number of hydrogen-bond acceptors (Lipinski definition) is 6. The Balaban J connectivity index is 3.64. The van der Waals surface area contributed by atoms with E-state index < -0.39 is 11.9 Å². The maximum absolute atomic E-state index is 11.9. The molecule has 0 atom stereocenters. The minimum absolute atomic E-state index is 0.0237. The highest BCUT2D eigenvalue weighted by molar-refractivity contribution is 6.09. The van der Waals surface area contributed by atoms with Gasteiger partial charge in [-0.1, -0.05) is 0 Å². The van der Waals surface area contributed by atoms with Crippen LogP contribution in [0.5, 0.6) is 17.2 Å². The minimum Gasteiger partial charge on any atom is -0.493 e. The molecule has 7 nitrogen and oxygen atoms in total. The van der Waals surface area contributed by atoms with E-state index in [9.17, 15) is 9.59 Å². The lowest BCUT2D eigenvalue weighted by Crippen LogP contribution is -2.15. The number of nitrogens with one attached hydrogen (secondary N) is 1. The van der Waals surface area contributed by atoms with Crippen molar-refractivity contribution in [3.63, 3.8) is 0 Å². The molecule has 0 saturated carbocycles. The lowest BCUT2D eigenvalue weighted by atomic mass is 10.1. The molecule has 21 heavy (non-hydrogen) atoms. The molecule has 1 rings (SSSR count). The molecule has 0 unspecified atom stereocenters. The third kappa shape index (κ3) is 3.17. The smallest absolute Gasteiger partial charge is 0.340 e. The van der Waals surface area contributed by atoms with Gasteiger partial charge >= 0.3 is 5.97 Å². The van der Waals surface area contributed by atoms with Crippen molar-refractivity contribution in [1.29, 1.82) is 0 Å². The number of ether oxygens (including phenoxy) is 4. The van der Waals surface area contributed by atoms with E-state index in [1.54, 1.807) is 0 Å². The van der Waals surface area contributed by atoms with Crippen LogP contribution in [0.2, 0.25) is 0 Å². The Morgan fingerprint density at radius 2 is 1.71 bits per heavy atom. The molecule has 0 aromatic heterocycles. The second kappa shape index (κ2) is 7.05. The van der Waals surface area contributed by atoms with E-state index in [1.165, 1.54) is 34.5 Å². The van der Waals surface area contributed by atoms with E-state index in [4.69, 9.17) is 20.6 Å². The molecule has 0 fully saturated rings. The number of carbonyl (C=O) groups excluding carboxylic acids is 2. The Bertz CT molecular complexity index is 602. The third-order valence-corrected chi connectivity index (χ3v) is 2.60. The van der Waals surface area contributed by atoms with Gasteiger partial charge < -0.3 is 24.3 Å². The monoisotopic (exact) mass is 293 g/mol. The quantitative estimate of drug-likeness (QED) is 0.646. The van der Waals surface area contributed by atoms with Crippen molar-refractivity contribution in [1.82, 2.24) is 0 Å². The molecule has 0 heterocycles. The number of benzene rings is 1. The molecule has 1 N–H and O–H groups in total. The minimum atomic E-state index is -0.745. The number of amides is 1. The van der Waals surface area contributed by atoms with Crippen LogP contribution in [0.15, 0.2) is 6.07 Å². The highest BCUT2D eigenvalue weighted by Crippen LogP contribution is 2.45. The number of carbonyl (C=O) groups is 2. The lowest BCUT2D eigenvalue weighted by molar-refractivity contribution is -0.111. The molecular weight excluding hydrogens is 278 g/mol. The summed E-state index contributed by atoms with van der Waals surface area (Å²) in [6.07, 6.45) is 5.02. The summed E-state index contributed by atoms with van der Waals surface area (Å²) < 4.78 is 20.2. The van der Waals surface area contributed by atoms with Gasteiger partial charge in [-0.25, -0.2) is 4.79 Å². The van der Waals surface area contributed by atoms with Crippen molar-refractivity contribution >= 4 is 17.6 Å². The van der Waals surface area contributed by atoms with Crippen LogP contribution in [0.3, 0.4) is 0 Å². The van der Waals surface area contributed by atoms with Crippen molar-refractivity contribution < 1.29 is 28.5 Å². The molecular formula is C14H15NO6. The van der Waals surface area contributed by atoms with Gasteiger partial charge in [0, 0.05) is 6.07 Å². The van der Waals surface area contributed by atoms with Crippen LogP contribution in [0.4, 0.5) is 5.69 Å². The van der Waals surface area contributed by atoms with Crippen molar-refractivity contribution in [2.45, 2.75) is 0 Å². The fourth-order valence-corrected chi connectivity index (χ4v) is 1.70. The summed E-state index contributed by atoms with van der Waals surface area (Å²) in [5.74, 6) is 0.998. The molecule has 7 heteroatoms. The zero-order valence-electron chi connectivity index (χ0n) is 12.1. The molecule has 1 aromatic rings. The molecule has 1 aromatic carbocycles. The van der Waals surface area contributed by atoms with Gasteiger partial charge in [-0.2, -0.15) is 0 Å². The lowest BCUT2D eigenvalue weighted by Gasteiger charge is -2.18. The summed E-state index contributed by atoms with van der Waals surface area (Å²) >= 11 is 0. The van der Waals surface area contributed by atoms with Crippen molar-refractivity contribution in [2.75, 3.05) is 33.8 Å². The van der Waals surface area contributed by atoms with Crippen LogP contribution < -0.4 is 19.5 Å². The Labute approximate surface area is 122 Å². The highest BCUT2D eigenvalue weighted by atomic mass is 16.5. The second-order valence-electron chi connectivity index (χ2n) is 3.66. The van der Waals surface area contributed by atoms with Gasteiger partial charge in [0.05, 0.1) is 34.0 Å². The Kier molecular flexibility index (Phi) is 5.43. The second-order valence-corrected chi connectivity index (χ2v) is 3.66. The number of rotatable bonds is 5. The van der Waals surface area contributed by atoms with E-state index in [-0.39, 0.29) is 28.5 Å². The average molecular weight is 293 g/mol. The first-order valence-electron chi connectivity index (χ1n) is 5.72. The van der Waals surface area contributed by atoms with Crippen molar-refractivity contribution in [3.05, 3.63) is 11.6 Å². The molecule has 112 valence electrons. The van der Waals surface area contributed by atoms with Gasteiger partial charge in [-0.3, -0.25) is 4.79 Å². The normalized spacial score (nSPS) is 9.29. The predicted octanol–water partition coefficient (Wildman–Crippen LogP) is 1.07. The maximum Gasteiger partial charge on any atom is 0.340 e. The number of methoxy groups -OCH3 is 4. The van der Waals surface area contributed by atoms with Gasteiger partial charge in [0.25, 0.3) is 5.91 Å². The largest absolute Gasteiger partial charge is 0.493 e. The Hall–Kier alpha value is -2.88. The number of anilines is 1. The van der Waals surface area contributed by atoms with Crippen LogP contribution in [0.25, 0.3) is 0 Å². The number of terminal acetylenes is 1. The van der Waals surface area contributed by atoms with Crippen LogP contribution in [0.1, 0.15) is 10.4 Å². The molecule has 0 bridgehead atoms. The summed E-state index contributed by atoms with van der Waals surface area (Å²) in [5.41, 5.74) is 0.0700. The van der Waals surface area contributed by atoms with E-state index >= 15 is 0 Å². The molecule has 0 spiro atoms. The van der Waals surface area contributed by atoms with Crippen molar-refractivity contribution in [3.8, 4) is 29.6 Å². The summed E-state index contributed by atoms with van der Waals surface area (Å²) in [4.78, 5) is 23.3. The van der Waals surface area contributed by atoms with Gasteiger partial charge in [0.1, 0.15) is 5.69 Å². The topological polar surface area (TPSA) is 83.1 Å². The van der Waals surface area contributed by atoms with E-state index in [1.807, 2.05) is 5.92 Å². The van der Waals surface area contributed by atoms with Crippen LogP contribution in [-0.4, -0.2) is 40.3 Å². The SMILES string of the molecule is C#CC(=O)Nc1c(C(=O)OC)cc(OC)c(OC)c1OC. The summed E-state index contributed by atoms with van der Waals surface area (Å²) in [5, 5.41) is 2.38. The fraction of sp³-hybridized carbons (Fsp3) is 0.286. The predicted molar refractivity (Wildman–Crippen MR) is 74.9 cm³/mol. The van der Waals surface area contributed by atoms with Crippen LogP contribution in [0, 0.1) is 12.3 Å². The third-order valence-electron chi connectivity index (χ3n) is 2.60. The van der Waals surface area contributed by atoms with Crippen molar-refractivity contribution in [2.24, 2.45) is 0 Å². The van der Waals surface area contributed by atoms with E-state index in [0.717, 1.165) is 0 Å². The van der Waals surface area contributed by atoms with Gasteiger partial charge in [-0.15, -0.1) is 6.42 Å². The zero-order chi connectivity index (χ0) is 16.0. The molecule has 0 aliphatic heterocycles. The first-order valence-corrected chi connectivity index (χ1v) is 5.72. The van der Waals surface area contributed by atoms with Gasteiger partial charge in [-0.05, 0) is 5.92 Å². The summed E-state index contributed by atoms with van der Waals surface area (Å²) in [6.45, 7) is 0. The maximum atomic E-state index is 11.9. The van der Waals surface area contributed by atoms with Crippen LogP contribution in [-0.2, 0) is 9.53 Å². The van der Waals surface area contributed by atoms with Crippen LogP contribution >= 0.6 is 0 Å². The molecule has 0 aliphatic carbocycles. The molecule has 1 amide bonds. The van der Waals surface area contributed by atoms with Gasteiger partial charge in [0.15, 0.2) is 11.5 Å². The first kappa shape index (κ1) is 16.2. The Morgan fingerprint density at radius 3 is 2.14 bits per heavy atom. The zero-order valence-corrected chi connectivity index (χ0v) is 12.1. The molecule has 0 aliphatic rings. The van der Waals surface area contributed by atoms with Gasteiger partial charge in [0.2, 0.25) is 5.75 Å². The standard InChI is InChI=1S/C14H15NO6/c1-6-10(16)15-11-8(14(17)21-5)7-9(18-2)12(19-3)13(11)20-4/h1,7H,2-5H3,(H,15,16).